The molecule has 0 spiro atoms. The van der Waals surface area contributed by atoms with Crippen LogP contribution in [0, 0.1) is 23.2 Å². The minimum absolute atomic E-state index is 0.0824. The molecule has 33 heavy (non-hydrogen) atoms. The van der Waals surface area contributed by atoms with E-state index in [2.05, 4.69) is 10.2 Å². The van der Waals surface area contributed by atoms with Crippen molar-refractivity contribution >= 4 is 23.3 Å². The lowest BCUT2D eigenvalue weighted by molar-refractivity contribution is -0.124. The molecule has 0 radical (unpaired) electrons. The monoisotopic (exact) mass is 466 g/mol. The molecule has 6 nitrogen and oxygen atoms in total. The van der Waals surface area contributed by atoms with Crippen molar-refractivity contribution in [2.75, 3.05) is 13.1 Å². The Morgan fingerprint density at radius 1 is 1.18 bits per heavy atom. The zero-order chi connectivity index (χ0) is 24.0. The van der Waals surface area contributed by atoms with E-state index in [1.807, 2.05) is 44.2 Å². The fourth-order valence-corrected chi connectivity index (χ4v) is 4.40. The number of nitrogens with two attached hydrogens (primary N) is 1. The number of carbonyl (C=O) groups excluding carboxylic acids is 2. The Kier molecular flexibility index (Phi) is 8.62. The number of halogens is 1. The number of hydrogen-bond acceptors (Lipinski definition) is 5. The van der Waals surface area contributed by atoms with Gasteiger partial charge in [0.15, 0.2) is 5.78 Å². The van der Waals surface area contributed by atoms with E-state index in [0.29, 0.717) is 11.1 Å². The zero-order valence-electron chi connectivity index (χ0n) is 19.1. The number of nitrogens with zero attached hydrogens (tertiary/aromatic N) is 2. The van der Waals surface area contributed by atoms with Crippen molar-refractivity contribution in [3.63, 3.8) is 0 Å². The molecule has 1 heterocycles. The molecule has 2 atom stereocenters. The molecule has 2 aromatic rings. The van der Waals surface area contributed by atoms with Gasteiger partial charge < -0.3 is 11.1 Å². The maximum Gasteiger partial charge on any atom is 0.251 e. The second kappa shape index (κ2) is 11.4. The number of likely N-dealkylation sites (tertiary alicyclic amines) is 1. The molecule has 1 amide bonds. The highest BCUT2D eigenvalue weighted by Gasteiger charge is 2.34. The molecule has 2 unspecified atom stereocenters. The molecule has 1 saturated heterocycles. The van der Waals surface area contributed by atoms with Crippen LogP contribution in [0.4, 0.5) is 0 Å². The van der Waals surface area contributed by atoms with Crippen LogP contribution < -0.4 is 11.1 Å². The van der Waals surface area contributed by atoms with E-state index in [9.17, 15) is 9.59 Å². The summed E-state index contributed by atoms with van der Waals surface area (Å²) in [4.78, 5) is 28.4. The van der Waals surface area contributed by atoms with E-state index in [1.54, 1.807) is 18.2 Å². The van der Waals surface area contributed by atoms with Gasteiger partial charge in [0.05, 0.1) is 23.7 Å². The lowest BCUT2D eigenvalue weighted by Gasteiger charge is -2.35. The summed E-state index contributed by atoms with van der Waals surface area (Å²) in [7, 11) is 0. The van der Waals surface area contributed by atoms with E-state index < -0.39 is 12.1 Å². The molecule has 2 aromatic carbocycles. The van der Waals surface area contributed by atoms with Crippen LogP contribution in [0.5, 0.6) is 0 Å². The van der Waals surface area contributed by atoms with Crippen LogP contribution in [0.15, 0.2) is 48.5 Å². The quantitative estimate of drug-likeness (QED) is 0.616. The van der Waals surface area contributed by atoms with Crippen molar-refractivity contribution in [2.24, 2.45) is 17.6 Å². The average Bonchev–Trinajstić information content (AvgIpc) is 2.83. The zero-order valence-corrected chi connectivity index (χ0v) is 19.9. The first kappa shape index (κ1) is 24.9. The maximum atomic E-state index is 13.3. The molecule has 0 aliphatic carbocycles. The highest BCUT2D eigenvalue weighted by Crippen LogP contribution is 2.24. The van der Waals surface area contributed by atoms with Gasteiger partial charge >= 0.3 is 0 Å². The molecule has 7 heteroatoms. The molecule has 1 aliphatic heterocycles. The summed E-state index contributed by atoms with van der Waals surface area (Å²) in [5, 5.41) is 12.6. The molecule has 0 aromatic heterocycles. The smallest absolute Gasteiger partial charge is 0.251 e. The number of benzene rings is 2. The van der Waals surface area contributed by atoms with E-state index in [4.69, 9.17) is 22.6 Å². The van der Waals surface area contributed by atoms with Gasteiger partial charge in [-0.2, -0.15) is 5.26 Å². The summed E-state index contributed by atoms with van der Waals surface area (Å²) in [5.74, 6) is -0.522. The van der Waals surface area contributed by atoms with Gasteiger partial charge in [-0.3, -0.25) is 14.5 Å². The topological polar surface area (TPSA) is 99.2 Å². The molecular weight excluding hydrogens is 436 g/mol. The van der Waals surface area contributed by atoms with E-state index >= 15 is 0 Å². The number of nitriles is 1. The average molecular weight is 467 g/mol. The third-order valence-electron chi connectivity index (χ3n) is 6.30. The number of rotatable bonds is 8. The van der Waals surface area contributed by atoms with Crippen LogP contribution in [0.2, 0.25) is 5.02 Å². The molecule has 0 saturated carbocycles. The lowest BCUT2D eigenvalue weighted by atomic mass is 9.83. The molecular formula is C26H31ClN4O2. The number of carbonyl (C=O) groups is 2. The molecule has 3 N–H and O–H groups in total. The molecule has 1 fully saturated rings. The standard InChI is InChI=1S/C26H31ClN4O2/c1-17(2)24(30-26(33)21-5-3-4-19(14-21)15-28)25(32)23(29)20-10-12-31(13-11-20)16-18-6-8-22(27)9-7-18/h3-9,14,17,20,23-24H,10-13,16,29H2,1-2H3,(H,30,33). The van der Waals surface area contributed by atoms with Gasteiger partial charge in [-0.15, -0.1) is 0 Å². The first-order valence-corrected chi connectivity index (χ1v) is 11.7. The van der Waals surface area contributed by atoms with Crippen molar-refractivity contribution in [2.45, 2.75) is 45.3 Å². The number of piperidine rings is 1. The third-order valence-corrected chi connectivity index (χ3v) is 6.55. The van der Waals surface area contributed by atoms with Crippen molar-refractivity contribution in [1.82, 2.24) is 10.2 Å². The second-order valence-electron chi connectivity index (χ2n) is 9.06. The summed E-state index contributed by atoms with van der Waals surface area (Å²) in [5.41, 5.74) is 8.40. The highest BCUT2D eigenvalue weighted by atomic mass is 35.5. The first-order valence-electron chi connectivity index (χ1n) is 11.4. The summed E-state index contributed by atoms with van der Waals surface area (Å²) in [6, 6.07) is 15.0. The Bertz CT molecular complexity index is 1010. The second-order valence-corrected chi connectivity index (χ2v) is 9.49. The van der Waals surface area contributed by atoms with Crippen molar-refractivity contribution in [1.29, 1.82) is 5.26 Å². The van der Waals surface area contributed by atoms with Crippen molar-refractivity contribution in [3.8, 4) is 6.07 Å². The molecule has 1 aliphatic rings. The van der Waals surface area contributed by atoms with Gasteiger partial charge in [-0.25, -0.2) is 0 Å². The third kappa shape index (κ3) is 6.64. The van der Waals surface area contributed by atoms with Gasteiger partial charge in [0, 0.05) is 17.1 Å². The molecule has 3 rings (SSSR count). The van der Waals surface area contributed by atoms with E-state index in [1.165, 1.54) is 11.6 Å². The van der Waals surface area contributed by atoms with Crippen LogP contribution in [0.25, 0.3) is 0 Å². The van der Waals surface area contributed by atoms with Gasteiger partial charge in [-0.05, 0) is 73.7 Å². The fourth-order valence-electron chi connectivity index (χ4n) is 4.28. The Hall–Kier alpha value is -2.72. The van der Waals surface area contributed by atoms with Gasteiger partial charge in [-0.1, -0.05) is 43.6 Å². The van der Waals surface area contributed by atoms with E-state index in [-0.39, 0.29) is 23.5 Å². The number of amides is 1. The minimum atomic E-state index is -0.676. The summed E-state index contributed by atoms with van der Waals surface area (Å²) in [6.45, 7) is 6.38. The van der Waals surface area contributed by atoms with Gasteiger partial charge in [0.2, 0.25) is 0 Å². The SMILES string of the molecule is CC(C)C(NC(=O)c1cccc(C#N)c1)C(=O)C(N)C1CCN(Cc2ccc(Cl)cc2)CC1. The van der Waals surface area contributed by atoms with Crippen LogP contribution in [0.1, 0.15) is 48.2 Å². The Labute approximate surface area is 200 Å². The molecule has 174 valence electrons. The van der Waals surface area contributed by atoms with Gasteiger partial charge in [0.1, 0.15) is 0 Å². The highest BCUT2D eigenvalue weighted by molar-refractivity contribution is 6.30. The van der Waals surface area contributed by atoms with Gasteiger partial charge in [0.25, 0.3) is 5.91 Å². The Balaban J connectivity index is 1.58. The van der Waals surface area contributed by atoms with Crippen LogP contribution in [-0.2, 0) is 11.3 Å². The predicted octanol–water partition coefficient (Wildman–Crippen LogP) is 3.77. The summed E-state index contributed by atoms with van der Waals surface area (Å²) >= 11 is 5.97. The normalized spacial score (nSPS) is 16.7. The number of nitrogens with one attached hydrogen (secondary N) is 1. The summed E-state index contributed by atoms with van der Waals surface area (Å²) < 4.78 is 0. The van der Waals surface area contributed by atoms with E-state index in [0.717, 1.165) is 37.5 Å². The number of Topliss-reactive ketones (excluding diaryl/α,β-unsaturated/α-hetero) is 1. The largest absolute Gasteiger partial charge is 0.342 e. The molecule has 0 bridgehead atoms. The first-order chi connectivity index (χ1) is 15.8. The predicted molar refractivity (Wildman–Crippen MR) is 130 cm³/mol. The minimum Gasteiger partial charge on any atom is -0.342 e. The summed E-state index contributed by atoms with van der Waals surface area (Å²) in [6.07, 6.45) is 1.67. The van der Waals surface area contributed by atoms with Crippen LogP contribution >= 0.6 is 11.6 Å². The lowest BCUT2D eigenvalue weighted by Crippen LogP contribution is -2.54. The van der Waals surface area contributed by atoms with Crippen LogP contribution in [-0.4, -0.2) is 41.8 Å². The fraction of sp³-hybridized carbons (Fsp3) is 0.423. The van der Waals surface area contributed by atoms with Crippen molar-refractivity contribution < 1.29 is 9.59 Å². The number of ketones is 1. The number of hydrogen-bond donors (Lipinski definition) is 2. The maximum absolute atomic E-state index is 13.3. The Morgan fingerprint density at radius 3 is 2.45 bits per heavy atom. The Morgan fingerprint density at radius 2 is 1.85 bits per heavy atom. The van der Waals surface area contributed by atoms with Crippen LogP contribution in [0.3, 0.4) is 0 Å². The van der Waals surface area contributed by atoms with Crippen molar-refractivity contribution in [3.05, 3.63) is 70.2 Å².